The van der Waals surface area contributed by atoms with E-state index in [9.17, 15) is 4.79 Å². The number of carbonyl (C=O) groups excluding carboxylic acids is 1. The highest BCUT2D eigenvalue weighted by atomic mass is 31.0. The predicted molar refractivity (Wildman–Crippen MR) is 40.3 cm³/mol. The maximum Gasteiger partial charge on any atom is 0.216 e. The third kappa shape index (κ3) is 2.31. The van der Waals surface area contributed by atoms with Crippen LogP contribution in [-0.2, 0) is 4.79 Å². The third-order valence-electron chi connectivity index (χ3n) is 1.59. The molecule has 0 aromatic heterocycles. The van der Waals surface area contributed by atoms with Crippen molar-refractivity contribution in [3.63, 3.8) is 0 Å². The van der Waals surface area contributed by atoms with Gasteiger partial charge in [-0.2, -0.15) is 0 Å². The van der Waals surface area contributed by atoms with E-state index >= 15 is 0 Å². The van der Waals surface area contributed by atoms with Gasteiger partial charge >= 0.3 is 0 Å². The Morgan fingerprint density at radius 1 is 1.89 bits per heavy atom. The summed E-state index contributed by atoms with van der Waals surface area (Å²) in [7, 11) is 2.76. The molecule has 1 rings (SSSR count). The summed E-state index contributed by atoms with van der Waals surface area (Å²) in [5, 5.41) is 2.79. The van der Waals surface area contributed by atoms with Crippen molar-refractivity contribution in [1.82, 2.24) is 5.32 Å². The minimum absolute atomic E-state index is 0.0825. The van der Waals surface area contributed by atoms with Gasteiger partial charge in [-0.05, 0) is 18.0 Å². The quantitative estimate of drug-likeness (QED) is 0.559. The van der Waals surface area contributed by atoms with Crippen molar-refractivity contribution < 1.29 is 4.79 Å². The summed E-state index contributed by atoms with van der Waals surface area (Å²) >= 11 is 0. The number of nitrogens with one attached hydrogen (secondary N) is 1. The van der Waals surface area contributed by atoms with Crippen LogP contribution in [0.5, 0.6) is 0 Å². The highest BCUT2D eigenvalue weighted by molar-refractivity contribution is 7.18. The van der Waals surface area contributed by atoms with Crippen molar-refractivity contribution in [2.45, 2.75) is 19.0 Å². The fourth-order valence-corrected chi connectivity index (χ4v) is 1.27. The molecule has 0 radical (unpaired) electrons. The highest BCUT2D eigenvalue weighted by Gasteiger charge is 2.32. The van der Waals surface area contributed by atoms with Gasteiger partial charge < -0.3 is 5.32 Å². The zero-order chi connectivity index (χ0) is 6.85. The molecule has 1 aliphatic carbocycles. The van der Waals surface area contributed by atoms with Crippen LogP contribution in [-0.4, -0.2) is 18.1 Å². The molecule has 3 unspecified atom stereocenters. The molecule has 0 spiro atoms. The second-order valence-electron chi connectivity index (χ2n) is 2.60. The highest BCUT2D eigenvalue weighted by Crippen LogP contribution is 2.36. The minimum atomic E-state index is 0.0825. The maximum atomic E-state index is 10.4. The van der Waals surface area contributed by atoms with E-state index in [1.165, 1.54) is 6.42 Å². The van der Waals surface area contributed by atoms with Gasteiger partial charge in [-0.15, -0.1) is 9.24 Å². The van der Waals surface area contributed by atoms with Crippen molar-refractivity contribution in [1.29, 1.82) is 0 Å². The van der Waals surface area contributed by atoms with E-state index < -0.39 is 0 Å². The Labute approximate surface area is 57.6 Å². The third-order valence-corrected chi connectivity index (χ3v) is 2.41. The van der Waals surface area contributed by atoms with E-state index in [1.807, 2.05) is 0 Å². The Hall–Kier alpha value is -0.100. The molecular formula is C6H12NOP. The summed E-state index contributed by atoms with van der Waals surface area (Å²) in [5.74, 6) is 0.818. The molecule has 1 fully saturated rings. The van der Waals surface area contributed by atoms with E-state index in [2.05, 4.69) is 14.6 Å². The Morgan fingerprint density at radius 3 is 2.78 bits per heavy atom. The van der Waals surface area contributed by atoms with Crippen LogP contribution in [0.3, 0.4) is 0 Å². The predicted octanol–water partition coefficient (Wildman–Crippen LogP) is 0.386. The molecule has 1 amide bonds. The molecule has 2 nitrogen and oxygen atoms in total. The molecular weight excluding hydrogens is 133 g/mol. The van der Waals surface area contributed by atoms with Gasteiger partial charge in [0, 0.05) is 13.5 Å². The SMILES string of the molecule is CC(=O)NCC1CC1P. The van der Waals surface area contributed by atoms with Gasteiger partial charge in [0.05, 0.1) is 0 Å². The monoisotopic (exact) mass is 145 g/mol. The van der Waals surface area contributed by atoms with Crippen molar-refractivity contribution >= 4 is 15.1 Å². The van der Waals surface area contributed by atoms with Crippen molar-refractivity contribution in [3.05, 3.63) is 0 Å². The first-order valence-corrected chi connectivity index (χ1v) is 3.87. The van der Waals surface area contributed by atoms with Gasteiger partial charge in [0.15, 0.2) is 0 Å². The average Bonchev–Trinajstić information content (AvgIpc) is 2.42. The van der Waals surface area contributed by atoms with Crippen molar-refractivity contribution in [3.8, 4) is 0 Å². The first-order chi connectivity index (χ1) is 4.20. The summed E-state index contributed by atoms with van der Waals surface area (Å²) in [6.45, 7) is 2.42. The Morgan fingerprint density at radius 2 is 2.44 bits per heavy atom. The number of hydrogen-bond donors (Lipinski definition) is 1. The second kappa shape index (κ2) is 2.66. The molecule has 3 heteroatoms. The lowest BCUT2D eigenvalue weighted by Crippen LogP contribution is -2.22. The Kier molecular flexibility index (Phi) is 2.07. The molecule has 52 valence electrons. The summed E-state index contributed by atoms with van der Waals surface area (Å²) in [6, 6.07) is 0. The molecule has 0 aliphatic heterocycles. The standard InChI is InChI=1S/C6H12NOP/c1-4(8)7-3-5-2-6(5)9/h5-6H,2-3,9H2,1H3,(H,7,8). The van der Waals surface area contributed by atoms with Gasteiger partial charge in [0.25, 0.3) is 0 Å². The summed E-state index contributed by atoms with van der Waals surface area (Å²) in [4.78, 5) is 10.4. The van der Waals surface area contributed by atoms with Gasteiger partial charge in [-0.1, -0.05) is 0 Å². The van der Waals surface area contributed by atoms with Crippen molar-refractivity contribution in [2.24, 2.45) is 5.92 Å². The van der Waals surface area contributed by atoms with Crippen LogP contribution in [0.4, 0.5) is 0 Å². The van der Waals surface area contributed by atoms with Gasteiger partial charge in [-0.25, -0.2) is 0 Å². The lowest BCUT2D eigenvalue weighted by molar-refractivity contribution is -0.119. The average molecular weight is 145 g/mol. The zero-order valence-electron chi connectivity index (χ0n) is 5.55. The molecule has 0 heterocycles. The van der Waals surface area contributed by atoms with Gasteiger partial charge in [-0.3, -0.25) is 4.79 Å². The van der Waals surface area contributed by atoms with Gasteiger partial charge in [0.1, 0.15) is 0 Å². The smallest absolute Gasteiger partial charge is 0.216 e. The van der Waals surface area contributed by atoms with Crippen LogP contribution >= 0.6 is 9.24 Å². The largest absolute Gasteiger partial charge is 0.356 e. The number of hydrogen-bond acceptors (Lipinski definition) is 1. The van der Waals surface area contributed by atoms with E-state index in [-0.39, 0.29) is 5.91 Å². The fourth-order valence-electron chi connectivity index (χ4n) is 0.781. The molecule has 3 atom stereocenters. The number of carbonyl (C=O) groups is 1. The number of amides is 1. The second-order valence-corrected chi connectivity index (χ2v) is 3.45. The number of rotatable bonds is 2. The van der Waals surface area contributed by atoms with Crippen LogP contribution < -0.4 is 5.32 Å². The molecule has 0 bridgehead atoms. The topological polar surface area (TPSA) is 29.1 Å². The van der Waals surface area contributed by atoms with Crippen molar-refractivity contribution in [2.75, 3.05) is 6.54 Å². The zero-order valence-corrected chi connectivity index (χ0v) is 6.71. The molecule has 0 saturated heterocycles. The van der Waals surface area contributed by atoms with Crippen LogP contribution in [0.1, 0.15) is 13.3 Å². The van der Waals surface area contributed by atoms with Gasteiger partial charge in [0.2, 0.25) is 5.91 Å². The Bertz CT molecular complexity index is 126. The van der Waals surface area contributed by atoms with Crippen LogP contribution in [0.2, 0.25) is 0 Å². The van der Waals surface area contributed by atoms with E-state index in [4.69, 9.17) is 0 Å². The summed E-state index contributed by atoms with van der Waals surface area (Å²) in [5.41, 5.74) is 0.761. The molecule has 0 aromatic rings. The molecule has 1 aliphatic rings. The van der Waals surface area contributed by atoms with E-state index in [0.717, 1.165) is 18.1 Å². The summed E-state index contributed by atoms with van der Waals surface area (Å²) in [6.07, 6.45) is 1.25. The normalized spacial score (nSPS) is 31.8. The van der Waals surface area contributed by atoms with Crippen LogP contribution in [0, 0.1) is 5.92 Å². The van der Waals surface area contributed by atoms with Crippen LogP contribution in [0.15, 0.2) is 0 Å². The van der Waals surface area contributed by atoms with E-state index in [1.54, 1.807) is 6.92 Å². The van der Waals surface area contributed by atoms with Crippen LogP contribution in [0.25, 0.3) is 0 Å². The fraction of sp³-hybridized carbons (Fsp3) is 0.833. The minimum Gasteiger partial charge on any atom is -0.356 e. The Balaban J connectivity index is 2.00. The lowest BCUT2D eigenvalue weighted by Gasteiger charge is -1.96. The maximum absolute atomic E-state index is 10.4. The first-order valence-electron chi connectivity index (χ1n) is 3.20. The summed E-state index contributed by atoms with van der Waals surface area (Å²) < 4.78 is 0. The molecule has 1 N–H and O–H groups in total. The van der Waals surface area contributed by atoms with E-state index in [0.29, 0.717) is 0 Å². The molecule has 1 saturated carbocycles. The first kappa shape index (κ1) is 7.01. The molecule has 0 aromatic carbocycles. The molecule has 9 heavy (non-hydrogen) atoms. The lowest BCUT2D eigenvalue weighted by atomic mass is 10.4.